The Morgan fingerprint density at radius 2 is 1.43 bits per heavy atom. The monoisotopic (exact) mass is 678 g/mol. The Bertz CT molecular complexity index is 1660. The number of hydrogen-bond acceptors (Lipinski definition) is 9. The summed E-state index contributed by atoms with van der Waals surface area (Å²) in [5.41, 5.74) is 2.77. The molecule has 0 fully saturated rings. The lowest BCUT2D eigenvalue weighted by molar-refractivity contribution is -0.202. The number of hydrogen-bond donors (Lipinski definition) is 3. The number of carbonyl (C=O) groups is 4. The second kappa shape index (κ2) is 18.0. The highest BCUT2D eigenvalue weighted by atomic mass is 19.4. The van der Waals surface area contributed by atoms with Crippen molar-refractivity contribution in [3.8, 4) is 11.1 Å². The number of halogens is 3. The number of benzene rings is 3. The Hall–Kier alpha value is -5.76. The van der Waals surface area contributed by atoms with Gasteiger partial charge >= 0.3 is 24.2 Å². The average molecular weight is 679 g/mol. The second-order valence-corrected chi connectivity index (χ2v) is 10.5. The fraction of sp³-hybridized carbons (Fsp3) is 0.229. The van der Waals surface area contributed by atoms with E-state index in [9.17, 15) is 32.3 Å². The minimum atomic E-state index is -5.40. The van der Waals surface area contributed by atoms with Crippen molar-refractivity contribution in [1.82, 2.24) is 15.6 Å². The van der Waals surface area contributed by atoms with E-state index in [0.29, 0.717) is 11.4 Å². The van der Waals surface area contributed by atoms with E-state index in [-0.39, 0.29) is 26.4 Å². The van der Waals surface area contributed by atoms with Crippen LogP contribution >= 0.6 is 0 Å². The predicted molar refractivity (Wildman–Crippen MR) is 172 cm³/mol. The van der Waals surface area contributed by atoms with E-state index in [1.165, 1.54) is 0 Å². The number of aromatic nitrogens is 1. The van der Waals surface area contributed by atoms with Crippen LogP contribution in [0.15, 0.2) is 109 Å². The molecule has 2 amide bonds. The average Bonchev–Trinajstić information content (AvgIpc) is 3.10. The van der Waals surface area contributed by atoms with Gasteiger partial charge in [-0.15, -0.1) is 0 Å². The third-order valence-corrected chi connectivity index (χ3v) is 6.86. The molecule has 0 aliphatic carbocycles. The van der Waals surface area contributed by atoms with Gasteiger partial charge in [0.05, 0.1) is 32.2 Å². The van der Waals surface area contributed by atoms with Gasteiger partial charge in [-0.05, 0) is 34.4 Å². The SMILES string of the molecule is O=C(CC(NC(=O)C(COCc1ccccc1)NC(=O)OCCNc1ccccn1)c1ccc(-c2ccccc2)cc1)OC(=O)C(F)(F)F. The molecule has 11 nitrogen and oxygen atoms in total. The molecular formula is C35H33F3N4O7. The van der Waals surface area contributed by atoms with E-state index < -0.39 is 48.6 Å². The molecule has 3 aromatic carbocycles. The van der Waals surface area contributed by atoms with Crippen LogP contribution in [0.2, 0.25) is 0 Å². The lowest BCUT2D eigenvalue weighted by Crippen LogP contribution is -2.50. The number of alkyl carbamates (subject to hydrolysis) is 1. The second-order valence-electron chi connectivity index (χ2n) is 10.5. The van der Waals surface area contributed by atoms with Crippen molar-refractivity contribution in [2.75, 3.05) is 25.1 Å². The Balaban J connectivity index is 1.47. The number of rotatable bonds is 15. The fourth-order valence-corrected chi connectivity index (χ4v) is 4.46. The first-order valence-electron chi connectivity index (χ1n) is 15.1. The maximum atomic E-state index is 13.6. The summed E-state index contributed by atoms with van der Waals surface area (Å²) in [6.45, 7) is -0.118. The van der Waals surface area contributed by atoms with E-state index in [0.717, 1.165) is 16.7 Å². The highest BCUT2D eigenvalue weighted by molar-refractivity contribution is 5.90. The number of nitrogens with zero attached hydrogens (tertiary/aromatic N) is 1. The molecule has 3 N–H and O–H groups in total. The summed E-state index contributed by atoms with van der Waals surface area (Å²) < 4.78 is 53.2. The van der Waals surface area contributed by atoms with Crippen LogP contribution in [-0.4, -0.2) is 60.9 Å². The van der Waals surface area contributed by atoms with E-state index in [4.69, 9.17) is 9.47 Å². The van der Waals surface area contributed by atoms with Crippen LogP contribution in [-0.2, 0) is 35.2 Å². The van der Waals surface area contributed by atoms with Crippen LogP contribution in [0.4, 0.5) is 23.8 Å². The Morgan fingerprint density at radius 1 is 0.776 bits per heavy atom. The number of alkyl halides is 3. The number of nitrogens with one attached hydrogen (secondary N) is 3. The van der Waals surface area contributed by atoms with Gasteiger partial charge in [0, 0.05) is 6.20 Å². The quantitative estimate of drug-likeness (QED) is 0.0861. The third-order valence-electron chi connectivity index (χ3n) is 6.86. The van der Waals surface area contributed by atoms with Crippen molar-refractivity contribution in [2.45, 2.75) is 31.3 Å². The number of pyridine rings is 1. The number of carbonyl (C=O) groups excluding carboxylic acids is 4. The number of anilines is 1. The molecule has 1 heterocycles. The lowest BCUT2D eigenvalue weighted by atomic mass is 9.99. The van der Waals surface area contributed by atoms with Crippen molar-refractivity contribution >= 4 is 29.8 Å². The predicted octanol–water partition coefficient (Wildman–Crippen LogP) is 5.35. The van der Waals surface area contributed by atoms with Crippen LogP contribution in [0.3, 0.4) is 0 Å². The molecule has 0 bridgehead atoms. The topological polar surface area (TPSA) is 145 Å². The number of amides is 2. The summed E-state index contributed by atoms with van der Waals surface area (Å²) in [7, 11) is 0. The zero-order chi connectivity index (χ0) is 35.1. The Labute approximate surface area is 279 Å². The largest absolute Gasteiger partial charge is 0.491 e. The molecule has 14 heteroatoms. The van der Waals surface area contributed by atoms with E-state index in [1.807, 2.05) is 36.4 Å². The summed E-state index contributed by atoms with van der Waals surface area (Å²) in [4.78, 5) is 54.2. The summed E-state index contributed by atoms with van der Waals surface area (Å²) in [6, 6.07) is 27.5. The molecule has 0 radical (unpaired) electrons. The molecule has 0 saturated carbocycles. The minimum Gasteiger partial charge on any atom is -0.448 e. The van der Waals surface area contributed by atoms with Gasteiger partial charge in [-0.1, -0.05) is 91.0 Å². The highest BCUT2D eigenvalue weighted by Crippen LogP contribution is 2.25. The van der Waals surface area contributed by atoms with Crippen LogP contribution in [0.1, 0.15) is 23.6 Å². The molecule has 2 unspecified atom stereocenters. The lowest BCUT2D eigenvalue weighted by Gasteiger charge is -2.23. The normalized spacial score (nSPS) is 12.2. The molecule has 0 spiro atoms. The fourth-order valence-electron chi connectivity index (χ4n) is 4.46. The molecule has 256 valence electrons. The van der Waals surface area contributed by atoms with Gasteiger partial charge in [0.25, 0.3) is 0 Å². The van der Waals surface area contributed by atoms with Crippen LogP contribution in [0.5, 0.6) is 0 Å². The number of ether oxygens (including phenoxy) is 3. The molecule has 0 aliphatic rings. The summed E-state index contributed by atoms with van der Waals surface area (Å²) >= 11 is 0. The van der Waals surface area contributed by atoms with Crippen molar-refractivity contribution in [3.63, 3.8) is 0 Å². The Morgan fingerprint density at radius 3 is 2.08 bits per heavy atom. The summed E-state index contributed by atoms with van der Waals surface area (Å²) in [6.07, 6.45) is -5.60. The molecule has 49 heavy (non-hydrogen) atoms. The molecular weight excluding hydrogens is 645 g/mol. The third kappa shape index (κ3) is 12.1. The van der Waals surface area contributed by atoms with Gasteiger partial charge in [-0.25, -0.2) is 14.6 Å². The molecule has 0 aliphatic heterocycles. The van der Waals surface area contributed by atoms with Crippen molar-refractivity contribution < 1.29 is 46.6 Å². The first-order chi connectivity index (χ1) is 23.6. The molecule has 1 aromatic heterocycles. The smallest absolute Gasteiger partial charge is 0.448 e. The van der Waals surface area contributed by atoms with Gasteiger partial charge in [0.2, 0.25) is 5.91 Å². The Kier molecular flexibility index (Phi) is 13.2. The first-order valence-corrected chi connectivity index (χ1v) is 15.1. The van der Waals surface area contributed by atoms with E-state index >= 15 is 0 Å². The number of esters is 2. The minimum absolute atomic E-state index is 0.0862. The van der Waals surface area contributed by atoms with Gasteiger partial charge in [0.1, 0.15) is 18.5 Å². The van der Waals surface area contributed by atoms with Crippen molar-refractivity contribution in [1.29, 1.82) is 0 Å². The molecule has 2 atom stereocenters. The zero-order valence-electron chi connectivity index (χ0n) is 26.0. The standard InChI is InChI=1S/C35H33F3N4O7/c36-35(37,38)33(45)49-31(43)21-28(27-16-14-26(15-17-27)25-11-5-2-6-12-25)41-32(44)29(23-47-22-24-9-3-1-4-10-24)42-34(46)48-20-19-40-30-13-7-8-18-39-30/h1-18,28-29H,19-23H2,(H,39,40)(H,41,44)(H,42,46). The van der Waals surface area contributed by atoms with Crippen LogP contribution in [0.25, 0.3) is 11.1 Å². The van der Waals surface area contributed by atoms with Gasteiger partial charge in [0.15, 0.2) is 0 Å². The summed E-state index contributed by atoms with van der Waals surface area (Å²) in [5.74, 6) is -4.49. The van der Waals surface area contributed by atoms with Crippen LogP contribution in [0, 0.1) is 0 Å². The zero-order valence-corrected chi connectivity index (χ0v) is 26.0. The van der Waals surface area contributed by atoms with E-state index in [1.54, 1.807) is 72.9 Å². The molecule has 0 saturated heterocycles. The van der Waals surface area contributed by atoms with Crippen LogP contribution < -0.4 is 16.0 Å². The maximum absolute atomic E-state index is 13.6. The van der Waals surface area contributed by atoms with Crippen molar-refractivity contribution in [3.05, 3.63) is 120 Å². The van der Waals surface area contributed by atoms with Gasteiger partial charge in [-0.3, -0.25) is 9.59 Å². The molecule has 4 rings (SSSR count). The van der Waals surface area contributed by atoms with Crippen molar-refractivity contribution in [2.24, 2.45) is 0 Å². The maximum Gasteiger partial charge on any atom is 0.491 e. The van der Waals surface area contributed by atoms with Gasteiger partial charge in [-0.2, -0.15) is 13.2 Å². The highest BCUT2D eigenvalue weighted by Gasteiger charge is 2.42. The first kappa shape index (κ1) is 36.1. The van der Waals surface area contributed by atoms with Gasteiger partial charge < -0.3 is 30.2 Å². The van der Waals surface area contributed by atoms with E-state index in [2.05, 4.69) is 25.7 Å². The summed E-state index contributed by atoms with van der Waals surface area (Å²) in [5, 5.41) is 7.98. The molecule has 4 aromatic rings.